The molecule has 1 aromatic heterocycles. The molecule has 38 heavy (non-hydrogen) atoms. The molecule has 4 rings (SSSR count). The monoisotopic (exact) mass is 529 g/mol. The molecular weight excluding hydrogens is 498 g/mol. The van der Waals surface area contributed by atoms with Gasteiger partial charge < -0.3 is 34.8 Å². The predicted octanol–water partition coefficient (Wildman–Crippen LogP) is 3.97. The summed E-state index contributed by atoms with van der Waals surface area (Å²) in [7, 11) is 1.39. The maximum absolute atomic E-state index is 11.3. The van der Waals surface area contributed by atoms with Gasteiger partial charge in [-0.3, -0.25) is 19.7 Å². The Kier molecular flexibility index (Phi) is 10.9. The quantitative estimate of drug-likeness (QED) is 0.248. The summed E-state index contributed by atoms with van der Waals surface area (Å²) < 4.78 is 25.9. The number of hydrogen-bond acceptors (Lipinski definition) is 9. The fourth-order valence-electron chi connectivity index (χ4n) is 3.42. The molecular formula is C26H31N3O9. The first-order chi connectivity index (χ1) is 18.2. The number of carbonyl (C=O) groups is 2. The molecule has 2 amide bonds. The number of primary amides is 2. The van der Waals surface area contributed by atoms with E-state index in [1.165, 1.54) is 25.5 Å². The SMILES string of the molecule is CC.CC1(c2ccc(-c3ccoc3C(N)=O)cc2)OCCO1.COCOc1ccc(C(N)=O)cc1[N+](=O)[O-]. The van der Waals surface area contributed by atoms with Gasteiger partial charge in [-0.25, -0.2) is 0 Å². The van der Waals surface area contributed by atoms with Gasteiger partial charge in [-0.05, 0) is 30.7 Å². The van der Waals surface area contributed by atoms with Gasteiger partial charge in [0.1, 0.15) is 0 Å². The second-order valence-electron chi connectivity index (χ2n) is 7.60. The molecule has 1 aliphatic heterocycles. The van der Waals surface area contributed by atoms with Crippen molar-refractivity contribution in [2.75, 3.05) is 27.1 Å². The molecule has 0 saturated carbocycles. The van der Waals surface area contributed by atoms with Crippen LogP contribution in [0, 0.1) is 10.1 Å². The van der Waals surface area contributed by atoms with Gasteiger partial charge in [0.15, 0.2) is 24.1 Å². The molecule has 3 aromatic rings. The van der Waals surface area contributed by atoms with E-state index in [-0.39, 0.29) is 29.6 Å². The van der Waals surface area contributed by atoms with Crippen molar-refractivity contribution in [3.63, 3.8) is 0 Å². The minimum Gasteiger partial charge on any atom is -0.460 e. The lowest BCUT2D eigenvalue weighted by molar-refractivity contribution is -0.386. The number of nitro benzene ring substituents is 1. The highest BCUT2D eigenvalue weighted by atomic mass is 16.7. The zero-order chi connectivity index (χ0) is 28.3. The fourth-order valence-corrected chi connectivity index (χ4v) is 3.42. The van der Waals surface area contributed by atoms with Gasteiger partial charge in [-0.15, -0.1) is 0 Å². The standard InChI is InChI=1S/C15H15NO4.C9H10N2O5.C2H6/c1-15(19-8-9-20-15)11-4-2-10(3-5-11)12-6-7-18-13(12)14(16)17;1-15-5-16-8-3-2-6(9(10)12)4-7(8)11(13)14;1-2/h2-7H,8-9H2,1H3,(H2,16,17);2-4H,5H2,1H3,(H2,10,12);1-2H3. The second kappa shape index (κ2) is 13.9. The third-order valence-electron chi connectivity index (χ3n) is 5.22. The summed E-state index contributed by atoms with van der Waals surface area (Å²) in [4.78, 5) is 32.1. The number of nitro groups is 1. The van der Waals surface area contributed by atoms with E-state index in [0.717, 1.165) is 17.2 Å². The number of hydrogen-bond donors (Lipinski definition) is 2. The summed E-state index contributed by atoms with van der Waals surface area (Å²) in [5.41, 5.74) is 12.5. The molecule has 0 bridgehead atoms. The van der Waals surface area contributed by atoms with Crippen LogP contribution in [0.5, 0.6) is 5.75 Å². The lowest BCUT2D eigenvalue weighted by Crippen LogP contribution is -2.22. The zero-order valence-electron chi connectivity index (χ0n) is 21.6. The van der Waals surface area contributed by atoms with Crippen LogP contribution in [0.2, 0.25) is 0 Å². The number of methoxy groups -OCH3 is 1. The molecule has 12 nitrogen and oxygen atoms in total. The second-order valence-corrected chi connectivity index (χ2v) is 7.60. The summed E-state index contributed by atoms with van der Waals surface area (Å²) in [5.74, 6) is -1.82. The molecule has 1 saturated heterocycles. The molecule has 2 heterocycles. The van der Waals surface area contributed by atoms with Crippen LogP contribution in [-0.4, -0.2) is 43.9 Å². The van der Waals surface area contributed by atoms with Crippen molar-refractivity contribution in [2.45, 2.75) is 26.6 Å². The molecule has 1 aliphatic rings. The molecule has 1 fully saturated rings. The topological polar surface area (TPSA) is 179 Å². The Morgan fingerprint density at radius 1 is 1.03 bits per heavy atom. The van der Waals surface area contributed by atoms with E-state index in [1.54, 1.807) is 6.07 Å². The highest BCUT2D eigenvalue weighted by Gasteiger charge is 2.33. The van der Waals surface area contributed by atoms with E-state index in [0.29, 0.717) is 18.8 Å². The van der Waals surface area contributed by atoms with Gasteiger partial charge in [0.2, 0.25) is 5.91 Å². The van der Waals surface area contributed by atoms with Gasteiger partial charge in [-0.1, -0.05) is 38.1 Å². The average Bonchev–Trinajstić information content (AvgIpc) is 3.59. The van der Waals surface area contributed by atoms with Crippen LogP contribution in [0.25, 0.3) is 11.1 Å². The number of carbonyl (C=O) groups excluding carboxylic acids is 2. The number of furan rings is 1. The Balaban J connectivity index is 0.000000257. The molecule has 12 heteroatoms. The predicted molar refractivity (Wildman–Crippen MR) is 137 cm³/mol. The first-order valence-corrected chi connectivity index (χ1v) is 11.6. The van der Waals surface area contributed by atoms with Gasteiger partial charge in [-0.2, -0.15) is 0 Å². The van der Waals surface area contributed by atoms with E-state index < -0.39 is 22.5 Å². The van der Waals surface area contributed by atoms with E-state index in [9.17, 15) is 19.7 Å². The van der Waals surface area contributed by atoms with Crippen molar-refractivity contribution in [2.24, 2.45) is 11.5 Å². The van der Waals surface area contributed by atoms with Gasteiger partial charge >= 0.3 is 5.69 Å². The number of nitrogens with two attached hydrogens (primary N) is 2. The van der Waals surface area contributed by atoms with Crippen LogP contribution in [0.1, 0.15) is 47.2 Å². The third kappa shape index (κ3) is 7.38. The van der Waals surface area contributed by atoms with Crippen molar-refractivity contribution in [3.8, 4) is 16.9 Å². The van der Waals surface area contributed by atoms with Crippen LogP contribution in [0.3, 0.4) is 0 Å². The largest absolute Gasteiger partial charge is 0.460 e. The normalized spacial score (nSPS) is 13.4. The van der Waals surface area contributed by atoms with E-state index in [2.05, 4.69) is 4.74 Å². The van der Waals surface area contributed by atoms with Crippen LogP contribution in [-0.2, 0) is 20.0 Å². The molecule has 0 spiro atoms. The minimum absolute atomic E-state index is 0.0249. The number of ether oxygens (including phenoxy) is 4. The lowest BCUT2D eigenvalue weighted by Gasteiger charge is -2.22. The molecule has 4 N–H and O–H groups in total. The summed E-state index contributed by atoms with van der Waals surface area (Å²) in [5, 5.41) is 10.7. The highest BCUT2D eigenvalue weighted by molar-refractivity contribution is 5.97. The van der Waals surface area contributed by atoms with E-state index in [4.69, 9.17) is 30.1 Å². The molecule has 0 atom stereocenters. The maximum Gasteiger partial charge on any atom is 0.311 e. The summed E-state index contributed by atoms with van der Waals surface area (Å²) >= 11 is 0. The Hall–Kier alpha value is -4.26. The van der Waals surface area contributed by atoms with Crippen molar-refractivity contribution >= 4 is 17.5 Å². The average molecular weight is 530 g/mol. The number of rotatable bonds is 8. The number of amides is 2. The van der Waals surface area contributed by atoms with E-state index in [1.807, 2.05) is 45.0 Å². The molecule has 2 aromatic carbocycles. The summed E-state index contributed by atoms with van der Waals surface area (Å²) in [6, 6.07) is 13.0. The minimum atomic E-state index is -0.735. The first-order valence-electron chi connectivity index (χ1n) is 11.6. The first kappa shape index (κ1) is 30.0. The van der Waals surface area contributed by atoms with Crippen molar-refractivity contribution in [1.29, 1.82) is 0 Å². The summed E-state index contributed by atoms with van der Waals surface area (Å²) in [6.07, 6.45) is 1.45. The maximum atomic E-state index is 11.3. The van der Waals surface area contributed by atoms with Crippen LogP contribution < -0.4 is 16.2 Å². The van der Waals surface area contributed by atoms with Crippen molar-refractivity contribution < 1.29 is 37.9 Å². The summed E-state index contributed by atoms with van der Waals surface area (Å²) in [6.45, 7) is 6.95. The molecule has 204 valence electrons. The third-order valence-corrected chi connectivity index (χ3v) is 5.22. The Bertz CT molecular complexity index is 1230. The Labute approximate surface area is 219 Å². The van der Waals surface area contributed by atoms with Gasteiger partial charge in [0.25, 0.3) is 5.91 Å². The van der Waals surface area contributed by atoms with Crippen molar-refractivity contribution in [1.82, 2.24) is 0 Å². The van der Waals surface area contributed by atoms with Crippen LogP contribution >= 0.6 is 0 Å². The van der Waals surface area contributed by atoms with Crippen LogP contribution in [0.15, 0.2) is 59.2 Å². The fraction of sp³-hybridized carbons (Fsp3) is 0.308. The van der Waals surface area contributed by atoms with Gasteiger partial charge in [0, 0.05) is 29.9 Å². The zero-order valence-corrected chi connectivity index (χ0v) is 21.6. The lowest BCUT2D eigenvalue weighted by atomic mass is 10.0. The van der Waals surface area contributed by atoms with Gasteiger partial charge in [0.05, 0.1) is 24.4 Å². The Morgan fingerprint density at radius 3 is 2.18 bits per heavy atom. The van der Waals surface area contributed by atoms with E-state index >= 15 is 0 Å². The van der Waals surface area contributed by atoms with Crippen molar-refractivity contribution in [3.05, 3.63) is 81.8 Å². The smallest absolute Gasteiger partial charge is 0.311 e. The number of benzene rings is 2. The Morgan fingerprint density at radius 2 is 1.66 bits per heavy atom. The molecule has 0 radical (unpaired) electrons. The molecule has 0 aliphatic carbocycles. The van der Waals surface area contributed by atoms with Crippen LogP contribution in [0.4, 0.5) is 5.69 Å². The number of nitrogens with zero attached hydrogens (tertiary/aromatic N) is 1. The highest BCUT2D eigenvalue weighted by Crippen LogP contribution is 2.33. The molecule has 0 unspecified atom stereocenters.